The summed E-state index contributed by atoms with van der Waals surface area (Å²) in [6.07, 6.45) is 2.22. The van der Waals surface area contributed by atoms with E-state index in [2.05, 4.69) is 37.8 Å². The van der Waals surface area contributed by atoms with Crippen molar-refractivity contribution in [2.24, 2.45) is 0 Å². The SMILES string of the molecule is CCCN(CCC)c1c(C)nn2c(-c3ccc(Cl)cc3Cl)cccc12. The lowest BCUT2D eigenvalue weighted by Gasteiger charge is -2.23. The van der Waals surface area contributed by atoms with Gasteiger partial charge in [0, 0.05) is 23.7 Å². The van der Waals surface area contributed by atoms with Crippen molar-refractivity contribution in [2.75, 3.05) is 18.0 Å². The van der Waals surface area contributed by atoms with E-state index in [4.69, 9.17) is 28.3 Å². The summed E-state index contributed by atoms with van der Waals surface area (Å²) in [4.78, 5) is 2.44. The third-order valence-electron chi connectivity index (χ3n) is 4.31. The number of hydrogen-bond acceptors (Lipinski definition) is 2. The fraction of sp³-hybridized carbons (Fsp3) is 0.350. The van der Waals surface area contributed by atoms with Crippen LogP contribution in [0.3, 0.4) is 0 Å². The van der Waals surface area contributed by atoms with Gasteiger partial charge < -0.3 is 4.90 Å². The number of fused-ring (bicyclic) bond motifs is 1. The van der Waals surface area contributed by atoms with E-state index >= 15 is 0 Å². The Kier molecular flexibility index (Phi) is 5.55. The van der Waals surface area contributed by atoms with Crippen LogP contribution < -0.4 is 4.90 Å². The number of hydrogen-bond donors (Lipinski definition) is 0. The molecule has 1 aromatic carbocycles. The van der Waals surface area contributed by atoms with Crippen LogP contribution in [0, 0.1) is 6.92 Å². The van der Waals surface area contributed by atoms with Crippen LogP contribution in [0.25, 0.3) is 16.8 Å². The van der Waals surface area contributed by atoms with Crippen molar-refractivity contribution in [3.05, 3.63) is 52.1 Å². The molecule has 0 saturated heterocycles. The molecule has 0 spiro atoms. The highest BCUT2D eigenvalue weighted by Gasteiger charge is 2.18. The molecule has 2 heterocycles. The van der Waals surface area contributed by atoms with Gasteiger partial charge in [-0.15, -0.1) is 0 Å². The number of nitrogens with zero attached hydrogens (tertiary/aromatic N) is 3. The average molecular weight is 376 g/mol. The van der Waals surface area contributed by atoms with E-state index < -0.39 is 0 Å². The Morgan fingerprint density at radius 2 is 1.76 bits per heavy atom. The Hall–Kier alpha value is -1.71. The summed E-state index contributed by atoms with van der Waals surface area (Å²) in [5.41, 5.74) is 5.28. The fourth-order valence-corrected chi connectivity index (χ4v) is 3.84. The number of benzene rings is 1. The second-order valence-corrected chi connectivity index (χ2v) is 7.10. The van der Waals surface area contributed by atoms with E-state index in [1.807, 2.05) is 22.7 Å². The highest BCUT2D eigenvalue weighted by molar-refractivity contribution is 6.36. The zero-order chi connectivity index (χ0) is 18.0. The first-order valence-electron chi connectivity index (χ1n) is 8.75. The lowest BCUT2D eigenvalue weighted by molar-refractivity contribution is 0.745. The Balaban J connectivity index is 2.19. The van der Waals surface area contributed by atoms with E-state index in [1.54, 1.807) is 6.07 Å². The second-order valence-electron chi connectivity index (χ2n) is 6.25. The lowest BCUT2D eigenvalue weighted by Crippen LogP contribution is -2.25. The second kappa shape index (κ2) is 7.67. The zero-order valence-electron chi connectivity index (χ0n) is 14.9. The first-order valence-corrected chi connectivity index (χ1v) is 9.51. The molecule has 0 aliphatic carbocycles. The van der Waals surface area contributed by atoms with Crippen molar-refractivity contribution in [2.45, 2.75) is 33.6 Å². The van der Waals surface area contributed by atoms with Crippen LogP contribution in [-0.4, -0.2) is 22.7 Å². The van der Waals surface area contributed by atoms with Crippen molar-refractivity contribution in [1.29, 1.82) is 0 Å². The molecule has 0 N–H and O–H groups in total. The van der Waals surface area contributed by atoms with Crippen LogP contribution in [-0.2, 0) is 0 Å². The van der Waals surface area contributed by atoms with Crippen LogP contribution in [0.2, 0.25) is 10.0 Å². The summed E-state index contributed by atoms with van der Waals surface area (Å²) in [6.45, 7) is 8.56. The minimum absolute atomic E-state index is 0.633. The summed E-state index contributed by atoms with van der Waals surface area (Å²) in [7, 11) is 0. The fourth-order valence-electron chi connectivity index (χ4n) is 3.34. The van der Waals surface area contributed by atoms with Gasteiger partial charge in [-0.25, -0.2) is 4.52 Å². The minimum atomic E-state index is 0.633. The van der Waals surface area contributed by atoms with E-state index in [1.165, 1.54) is 5.69 Å². The van der Waals surface area contributed by atoms with Crippen molar-refractivity contribution in [3.8, 4) is 11.3 Å². The van der Waals surface area contributed by atoms with Gasteiger partial charge in [0.15, 0.2) is 0 Å². The first kappa shape index (κ1) is 18.1. The van der Waals surface area contributed by atoms with Gasteiger partial charge in [-0.1, -0.05) is 43.1 Å². The number of aromatic nitrogens is 2. The van der Waals surface area contributed by atoms with Gasteiger partial charge >= 0.3 is 0 Å². The highest BCUT2D eigenvalue weighted by atomic mass is 35.5. The van der Waals surface area contributed by atoms with Crippen molar-refractivity contribution in [1.82, 2.24) is 9.61 Å². The Morgan fingerprint density at radius 1 is 1.04 bits per heavy atom. The largest absolute Gasteiger partial charge is 0.368 e. The van der Waals surface area contributed by atoms with Crippen LogP contribution in [0.15, 0.2) is 36.4 Å². The zero-order valence-corrected chi connectivity index (χ0v) is 16.4. The molecule has 0 unspecified atom stereocenters. The number of pyridine rings is 1. The van der Waals surface area contributed by atoms with Crippen LogP contribution in [0.5, 0.6) is 0 Å². The predicted octanol–water partition coefficient (Wildman–Crippen LogP) is 6.24. The molecule has 0 radical (unpaired) electrons. The summed E-state index contributed by atoms with van der Waals surface area (Å²) >= 11 is 12.5. The smallest absolute Gasteiger partial charge is 0.0905 e. The molecular formula is C20H23Cl2N3. The number of anilines is 1. The topological polar surface area (TPSA) is 20.5 Å². The summed E-state index contributed by atoms with van der Waals surface area (Å²) in [5, 5.41) is 6.09. The lowest BCUT2D eigenvalue weighted by atomic mass is 10.1. The van der Waals surface area contributed by atoms with E-state index in [0.717, 1.165) is 48.4 Å². The molecule has 2 aromatic heterocycles. The molecule has 3 nitrogen and oxygen atoms in total. The van der Waals surface area contributed by atoms with Gasteiger partial charge in [0.1, 0.15) is 0 Å². The number of halogens is 2. The number of aryl methyl sites for hydroxylation is 1. The maximum absolute atomic E-state index is 6.44. The average Bonchev–Trinajstić information content (AvgIpc) is 2.91. The highest BCUT2D eigenvalue weighted by Crippen LogP contribution is 2.34. The molecule has 3 aromatic rings. The van der Waals surface area contributed by atoms with Gasteiger partial charge in [0.25, 0.3) is 0 Å². The summed E-state index contributed by atoms with van der Waals surface area (Å²) in [6, 6.07) is 11.8. The first-order chi connectivity index (χ1) is 12.1. The summed E-state index contributed by atoms with van der Waals surface area (Å²) < 4.78 is 2.00. The van der Waals surface area contributed by atoms with Crippen LogP contribution in [0.4, 0.5) is 5.69 Å². The monoisotopic (exact) mass is 375 g/mol. The molecule has 132 valence electrons. The normalized spacial score (nSPS) is 11.2. The third-order valence-corrected chi connectivity index (χ3v) is 4.86. The van der Waals surface area contributed by atoms with Gasteiger partial charge in [-0.2, -0.15) is 5.10 Å². The molecule has 0 fully saturated rings. The maximum Gasteiger partial charge on any atom is 0.0905 e. The molecule has 0 bridgehead atoms. The Bertz CT molecular complexity index is 880. The van der Waals surface area contributed by atoms with Gasteiger partial charge in [0.05, 0.1) is 27.6 Å². The van der Waals surface area contributed by atoms with Gasteiger partial charge in [-0.3, -0.25) is 0 Å². The molecule has 3 rings (SSSR count). The van der Waals surface area contributed by atoms with Crippen LogP contribution in [0.1, 0.15) is 32.4 Å². The van der Waals surface area contributed by atoms with E-state index in [0.29, 0.717) is 10.0 Å². The van der Waals surface area contributed by atoms with E-state index in [9.17, 15) is 0 Å². The quantitative estimate of drug-likeness (QED) is 0.507. The molecule has 25 heavy (non-hydrogen) atoms. The van der Waals surface area contributed by atoms with Gasteiger partial charge in [0.2, 0.25) is 0 Å². The van der Waals surface area contributed by atoms with Crippen molar-refractivity contribution >= 4 is 34.4 Å². The molecular weight excluding hydrogens is 353 g/mol. The number of rotatable bonds is 6. The molecule has 0 saturated carbocycles. The Labute approximate surface area is 159 Å². The Morgan fingerprint density at radius 3 is 2.40 bits per heavy atom. The maximum atomic E-state index is 6.44. The molecule has 0 aliphatic heterocycles. The van der Waals surface area contributed by atoms with Crippen molar-refractivity contribution in [3.63, 3.8) is 0 Å². The van der Waals surface area contributed by atoms with Crippen molar-refractivity contribution < 1.29 is 0 Å². The molecule has 0 amide bonds. The molecule has 0 atom stereocenters. The van der Waals surface area contributed by atoms with Crippen LogP contribution >= 0.6 is 23.2 Å². The minimum Gasteiger partial charge on any atom is -0.368 e. The third kappa shape index (κ3) is 3.49. The molecule has 0 aliphatic rings. The predicted molar refractivity (Wildman–Crippen MR) is 108 cm³/mol. The summed E-state index contributed by atoms with van der Waals surface area (Å²) in [5.74, 6) is 0. The van der Waals surface area contributed by atoms with Gasteiger partial charge in [-0.05, 0) is 50.1 Å². The van der Waals surface area contributed by atoms with E-state index in [-0.39, 0.29) is 0 Å². The molecule has 5 heteroatoms. The standard InChI is InChI=1S/C20H23Cl2N3/c1-4-11-24(12-5-2)20-14(3)23-25-18(7-6-8-19(20)25)16-10-9-15(21)13-17(16)22/h6-10,13H,4-5,11-12H2,1-3H3.